The predicted octanol–water partition coefficient (Wildman–Crippen LogP) is 5.61. The summed E-state index contributed by atoms with van der Waals surface area (Å²) < 4.78 is 6.30. The van der Waals surface area contributed by atoms with Crippen LogP contribution in [0.3, 0.4) is 0 Å². The van der Waals surface area contributed by atoms with Crippen LogP contribution < -0.4 is 9.92 Å². The number of phenolic OH excluding ortho intramolecular Hbond substituents is 1. The van der Waals surface area contributed by atoms with E-state index in [-0.39, 0.29) is 10.8 Å². The first-order valence-corrected chi connectivity index (χ1v) is 13.5. The lowest BCUT2D eigenvalue weighted by molar-refractivity contribution is -0.134. The lowest BCUT2D eigenvalue weighted by Gasteiger charge is -2.29. The van der Waals surface area contributed by atoms with Gasteiger partial charge in [0.15, 0.2) is 0 Å². The molecule has 0 saturated carbocycles. The zero-order chi connectivity index (χ0) is 23.3. The molecule has 0 atom stereocenters. The van der Waals surface area contributed by atoms with E-state index in [1.54, 1.807) is 0 Å². The van der Waals surface area contributed by atoms with E-state index in [0.717, 1.165) is 30.0 Å². The number of rotatable bonds is 4. The van der Waals surface area contributed by atoms with Crippen LogP contribution in [0.1, 0.15) is 59.6 Å². The Bertz CT molecular complexity index is 805. The van der Waals surface area contributed by atoms with Crippen molar-refractivity contribution in [1.82, 2.24) is 0 Å². The minimum atomic E-state index is -1.69. The van der Waals surface area contributed by atoms with Gasteiger partial charge in [0.25, 0.3) is 5.97 Å². The van der Waals surface area contributed by atoms with Gasteiger partial charge in [-0.05, 0) is 23.0 Å². The molecule has 0 unspecified atom stereocenters. The Hall–Kier alpha value is -2.27. The summed E-state index contributed by atoms with van der Waals surface area (Å²) in [7, 11) is -1.69. The van der Waals surface area contributed by atoms with Crippen molar-refractivity contribution in [3.05, 3.63) is 53.6 Å². The number of carboxylic acid groups (broad SMARTS) is 1. The smallest absolute Gasteiger partial charge is 0.300 e. The van der Waals surface area contributed by atoms with Crippen LogP contribution in [0.2, 0.25) is 13.1 Å². The van der Waals surface area contributed by atoms with Gasteiger partial charge in [0.2, 0.25) is 0 Å². The third kappa shape index (κ3) is 7.52. The lowest BCUT2D eigenvalue weighted by atomic mass is 9.79. The first-order chi connectivity index (χ1) is 13.6. The summed E-state index contributed by atoms with van der Waals surface area (Å²) >= 11 is 0. The molecule has 4 nitrogen and oxygen atoms in total. The minimum absolute atomic E-state index is 0.143. The molecule has 2 aromatic carbocycles. The number of aliphatic carboxylic acids is 1. The fraction of sp³-hybridized carbons (Fsp3) is 0.480. The quantitative estimate of drug-likeness (QED) is 0.619. The van der Waals surface area contributed by atoms with Gasteiger partial charge in [-0.3, -0.25) is 4.79 Å². The summed E-state index contributed by atoms with van der Waals surface area (Å²) in [6.07, 6.45) is 0.717. The summed E-state index contributed by atoms with van der Waals surface area (Å²) in [5, 5.41) is 19.7. The van der Waals surface area contributed by atoms with Gasteiger partial charge in [-0.2, -0.15) is 0 Å². The van der Waals surface area contributed by atoms with E-state index in [1.807, 2.05) is 12.1 Å². The van der Waals surface area contributed by atoms with Gasteiger partial charge in [-0.1, -0.05) is 90.2 Å². The molecule has 2 rings (SSSR count). The molecule has 0 saturated heterocycles. The molecular formula is C25H38O4Si. The molecule has 0 radical (unpaired) electrons. The van der Waals surface area contributed by atoms with Crippen molar-refractivity contribution >= 4 is 19.2 Å². The van der Waals surface area contributed by atoms with Crippen molar-refractivity contribution in [2.75, 3.05) is 6.23 Å². The summed E-state index contributed by atoms with van der Waals surface area (Å²) in [4.78, 5) is 9.00. The van der Waals surface area contributed by atoms with Crippen LogP contribution in [0.5, 0.6) is 11.5 Å². The van der Waals surface area contributed by atoms with Crippen LogP contribution in [0.15, 0.2) is 42.5 Å². The van der Waals surface area contributed by atoms with Crippen LogP contribution >= 0.6 is 0 Å². The molecule has 0 spiro atoms. The zero-order valence-electron chi connectivity index (χ0n) is 20.0. The van der Waals surface area contributed by atoms with E-state index < -0.39 is 14.0 Å². The second kappa shape index (κ2) is 9.69. The Balaban J connectivity index is 0.00000103. The number of carbonyl (C=O) groups is 1. The van der Waals surface area contributed by atoms with Crippen LogP contribution in [-0.4, -0.2) is 30.5 Å². The first kappa shape index (κ1) is 25.8. The Morgan fingerprint density at radius 2 is 1.33 bits per heavy atom. The van der Waals surface area contributed by atoms with Crippen molar-refractivity contribution in [2.24, 2.45) is 0 Å². The van der Waals surface area contributed by atoms with Gasteiger partial charge in [0, 0.05) is 18.1 Å². The molecule has 2 aromatic rings. The Labute approximate surface area is 182 Å². The second-order valence-electron chi connectivity index (χ2n) is 10.4. The first-order valence-electron chi connectivity index (χ1n) is 10.3. The molecule has 5 heteroatoms. The minimum Gasteiger partial charge on any atom is -0.507 e. The zero-order valence-corrected chi connectivity index (χ0v) is 21.0. The third-order valence-electron chi connectivity index (χ3n) is 4.85. The number of hydrogen-bond donors (Lipinski definition) is 2. The van der Waals surface area contributed by atoms with E-state index in [2.05, 4.69) is 85.0 Å². The third-order valence-corrected chi connectivity index (χ3v) is 7.62. The summed E-state index contributed by atoms with van der Waals surface area (Å²) in [6, 6.07) is 14.7. The number of carboxylic acids is 1. The van der Waals surface area contributed by atoms with E-state index in [4.69, 9.17) is 14.6 Å². The summed E-state index contributed by atoms with van der Waals surface area (Å²) in [6.45, 7) is 18.5. The van der Waals surface area contributed by atoms with E-state index in [0.29, 0.717) is 5.75 Å². The van der Waals surface area contributed by atoms with Crippen LogP contribution in [0.25, 0.3) is 0 Å². The van der Waals surface area contributed by atoms with Gasteiger partial charge < -0.3 is 14.9 Å². The number of phenols is 1. The number of aromatic hydroxyl groups is 1. The Morgan fingerprint density at radius 3 is 1.70 bits per heavy atom. The number of hydrogen-bond acceptors (Lipinski definition) is 3. The molecule has 0 bridgehead atoms. The topological polar surface area (TPSA) is 66.8 Å². The Kier molecular flexibility index (Phi) is 8.32. The fourth-order valence-corrected chi connectivity index (χ4v) is 4.86. The lowest BCUT2D eigenvalue weighted by Crippen LogP contribution is -2.47. The molecule has 0 aliphatic rings. The van der Waals surface area contributed by atoms with Crippen LogP contribution in [0, 0.1) is 0 Å². The highest BCUT2D eigenvalue weighted by atomic mass is 28.3. The number of ether oxygens (including phenoxy) is 1. The fourth-order valence-electron chi connectivity index (χ4n) is 3.07. The molecule has 0 heterocycles. The maximum Gasteiger partial charge on any atom is 0.300 e. The molecule has 0 aliphatic heterocycles. The van der Waals surface area contributed by atoms with E-state index in [1.165, 1.54) is 5.19 Å². The SMILES string of the molecule is CC(=O)O.CC(C)(C)c1cc(OC[Si](C)(C)c2ccccc2)cc(C(C)(C)C)c1O. The monoisotopic (exact) mass is 430 g/mol. The average molecular weight is 431 g/mol. The number of benzene rings is 2. The summed E-state index contributed by atoms with van der Waals surface area (Å²) in [5.74, 6) is 0.422. The van der Waals surface area contributed by atoms with Crippen LogP contribution in [-0.2, 0) is 15.6 Å². The van der Waals surface area contributed by atoms with Crippen molar-refractivity contribution in [2.45, 2.75) is 72.4 Å². The Morgan fingerprint density at radius 1 is 0.933 bits per heavy atom. The molecule has 0 amide bonds. The van der Waals surface area contributed by atoms with Crippen molar-refractivity contribution in [3.63, 3.8) is 0 Å². The van der Waals surface area contributed by atoms with Crippen molar-refractivity contribution in [3.8, 4) is 11.5 Å². The van der Waals surface area contributed by atoms with E-state index >= 15 is 0 Å². The standard InChI is InChI=1S/C23H34O2Si.C2H4O2/c1-22(2,3)19-14-17(15-20(21(19)24)23(4,5)6)25-16-26(7,8)18-12-10-9-11-13-18;1-2(3)4/h9-15,24H,16H2,1-8H3;1H3,(H,3,4). The highest BCUT2D eigenvalue weighted by Crippen LogP contribution is 2.41. The summed E-state index contributed by atoms with van der Waals surface area (Å²) in [5.41, 5.74) is 1.60. The van der Waals surface area contributed by atoms with Gasteiger partial charge in [0.1, 0.15) is 19.6 Å². The normalized spacial score (nSPS) is 12.0. The maximum absolute atomic E-state index is 10.8. The van der Waals surface area contributed by atoms with Gasteiger partial charge in [0.05, 0.1) is 6.23 Å². The van der Waals surface area contributed by atoms with E-state index in [9.17, 15) is 5.11 Å². The molecule has 0 fully saturated rings. The van der Waals surface area contributed by atoms with Crippen LogP contribution in [0.4, 0.5) is 0 Å². The largest absolute Gasteiger partial charge is 0.507 e. The predicted molar refractivity (Wildman–Crippen MR) is 128 cm³/mol. The van der Waals surface area contributed by atoms with Gasteiger partial charge >= 0.3 is 0 Å². The second-order valence-corrected chi connectivity index (χ2v) is 15.1. The molecule has 30 heavy (non-hydrogen) atoms. The highest BCUT2D eigenvalue weighted by molar-refractivity contribution is 6.89. The molecule has 0 aromatic heterocycles. The van der Waals surface area contributed by atoms with Gasteiger partial charge in [-0.25, -0.2) is 0 Å². The highest BCUT2D eigenvalue weighted by Gasteiger charge is 2.28. The van der Waals surface area contributed by atoms with Crippen molar-refractivity contribution in [1.29, 1.82) is 0 Å². The van der Waals surface area contributed by atoms with Gasteiger partial charge in [-0.15, -0.1) is 0 Å². The maximum atomic E-state index is 10.8. The van der Waals surface area contributed by atoms with Crippen molar-refractivity contribution < 1.29 is 19.7 Å². The molecular weight excluding hydrogens is 392 g/mol. The molecule has 2 N–H and O–H groups in total. The average Bonchev–Trinajstić information content (AvgIpc) is 2.59. The molecule has 166 valence electrons. The molecule has 0 aliphatic carbocycles.